The fourth-order valence-corrected chi connectivity index (χ4v) is 1.13. The van der Waals surface area contributed by atoms with Crippen LogP contribution >= 0.6 is 0 Å². The molecule has 0 amide bonds. The van der Waals surface area contributed by atoms with E-state index in [1.165, 1.54) is 5.56 Å². The van der Waals surface area contributed by atoms with E-state index >= 15 is 0 Å². The van der Waals surface area contributed by atoms with Crippen LogP contribution in [0.15, 0.2) is 30.3 Å². The Morgan fingerprint density at radius 3 is 2.25 bits per heavy atom. The monoisotopic (exact) mass is 223 g/mol. The SMILES string of the molecule is CCNC.COC(C)CCc1ccccc1. The molecule has 0 radical (unpaired) electrons. The molecule has 92 valence electrons. The predicted molar refractivity (Wildman–Crippen MR) is 70.8 cm³/mol. The Hall–Kier alpha value is -0.860. The summed E-state index contributed by atoms with van der Waals surface area (Å²) >= 11 is 0. The third-order valence-corrected chi connectivity index (χ3v) is 2.44. The molecule has 0 aliphatic rings. The van der Waals surface area contributed by atoms with Gasteiger partial charge in [-0.25, -0.2) is 0 Å². The predicted octanol–water partition coefficient (Wildman–Crippen LogP) is 2.88. The molecule has 1 atom stereocenters. The van der Waals surface area contributed by atoms with E-state index < -0.39 is 0 Å². The summed E-state index contributed by atoms with van der Waals surface area (Å²) < 4.78 is 5.17. The van der Waals surface area contributed by atoms with Crippen molar-refractivity contribution in [3.05, 3.63) is 35.9 Å². The summed E-state index contributed by atoms with van der Waals surface area (Å²) in [5.74, 6) is 0. The van der Waals surface area contributed by atoms with Crippen LogP contribution in [0.1, 0.15) is 25.8 Å². The van der Waals surface area contributed by atoms with Gasteiger partial charge in [0.05, 0.1) is 6.10 Å². The zero-order chi connectivity index (χ0) is 12.2. The molecule has 0 bridgehead atoms. The van der Waals surface area contributed by atoms with Gasteiger partial charge in [-0.2, -0.15) is 0 Å². The highest BCUT2D eigenvalue weighted by molar-refractivity contribution is 5.14. The van der Waals surface area contributed by atoms with Crippen LogP contribution in [0.2, 0.25) is 0 Å². The smallest absolute Gasteiger partial charge is 0.0546 e. The summed E-state index contributed by atoms with van der Waals surface area (Å²) in [7, 11) is 3.69. The lowest BCUT2D eigenvalue weighted by Crippen LogP contribution is -2.05. The lowest BCUT2D eigenvalue weighted by molar-refractivity contribution is 0.111. The minimum absolute atomic E-state index is 0.366. The minimum atomic E-state index is 0.366. The van der Waals surface area contributed by atoms with Crippen LogP contribution in [0.4, 0.5) is 0 Å². The Morgan fingerprint density at radius 1 is 1.25 bits per heavy atom. The van der Waals surface area contributed by atoms with Gasteiger partial charge in [0.15, 0.2) is 0 Å². The van der Waals surface area contributed by atoms with E-state index in [4.69, 9.17) is 4.74 Å². The van der Waals surface area contributed by atoms with Crippen LogP contribution in [0, 0.1) is 0 Å². The highest BCUT2D eigenvalue weighted by Crippen LogP contribution is 2.05. The Bertz CT molecular complexity index is 234. The van der Waals surface area contributed by atoms with Crippen LogP contribution in [0.5, 0.6) is 0 Å². The molecule has 1 aromatic rings. The summed E-state index contributed by atoms with van der Waals surface area (Å²) in [6.45, 7) is 5.24. The van der Waals surface area contributed by atoms with Gasteiger partial charge in [0.1, 0.15) is 0 Å². The summed E-state index contributed by atoms with van der Waals surface area (Å²) in [5, 5.41) is 2.93. The quantitative estimate of drug-likeness (QED) is 0.828. The highest BCUT2D eigenvalue weighted by Gasteiger charge is 1.98. The van der Waals surface area contributed by atoms with Crippen molar-refractivity contribution in [3.63, 3.8) is 0 Å². The van der Waals surface area contributed by atoms with Crippen molar-refractivity contribution in [2.24, 2.45) is 0 Å². The summed E-state index contributed by atoms with van der Waals surface area (Å²) in [6.07, 6.45) is 2.57. The van der Waals surface area contributed by atoms with Crippen LogP contribution in [0.25, 0.3) is 0 Å². The van der Waals surface area contributed by atoms with E-state index in [0.29, 0.717) is 6.10 Å². The summed E-state index contributed by atoms with van der Waals surface area (Å²) in [4.78, 5) is 0. The fraction of sp³-hybridized carbons (Fsp3) is 0.571. The topological polar surface area (TPSA) is 21.3 Å². The lowest BCUT2D eigenvalue weighted by atomic mass is 10.1. The standard InChI is InChI=1S/C11H16O.C3H9N/c1-10(12-2)8-9-11-6-4-3-5-7-11;1-3-4-2/h3-7,10H,8-9H2,1-2H3;4H,3H2,1-2H3. The van der Waals surface area contributed by atoms with Crippen molar-refractivity contribution >= 4 is 0 Å². The number of hydrogen-bond acceptors (Lipinski definition) is 2. The molecule has 0 saturated carbocycles. The van der Waals surface area contributed by atoms with E-state index in [1.54, 1.807) is 7.11 Å². The molecular formula is C14H25NO. The summed E-state index contributed by atoms with van der Waals surface area (Å²) in [6, 6.07) is 10.5. The number of nitrogens with one attached hydrogen (secondary N) is 1. The molecule has 0 aliphatic carbocycles. The van der Waals surface area contributed by atoms with Gasteiger partial charge in [-0.1, -0.05) is 37.3 Å². The molecule has 0 saturated heterocycles. The number of hydrogen-bond donors (Lipinski definition) is 1. The maximum atomic E-state index is 5.17. The van der Waals surface area contributed by atoms with Crippen LogP contribution in [0.3, 0.4) is 0 Å². The van der Waals surface area contributed by atoms with Crippen LogP contribution < -0.4 is 5.32 Å². The Balaban J connectivity index is 0.000000487. The third-order valence-electron chi connectivity index (χ3n) is 2.44. The molecule has 1 N–H and O–H groups in total. The van der Waals surface area contributed by atoms with E-state index in [2.05, 4.69) is 43.4 Å². The largest absolute Gasteiger partial charge is 0.382 e. The molecule has 0 heterocycles. The average molecular weight is 223 g/mol. The maximum Gasteiger partial charge on any atom is 0.0546 e. The molecule has 2 heteroatoms. The second kappa shape index (κ2) is 10.7. The number of aryl methyl sites for hydroxylation is 1. The van der Waals surface area contributed by atoms with Crippen molar-refractivity contribution in [1.82, 2.24) is 5.32 Å². The van der Waals surface area contributed by atoms with Gasteiger partial charge in [0, 0.05) is 7.11 Å². The minimum Gasteiger partial charge on any atom is -0.382 e. The molecule has 16 heavy (non-hydrogen) atoms. The molecule has 2 nitrogen and oxygen atoms in total. The van der Waals surface area contributed by atoms with Gasteiger partial charge < -0.3 is 10.1 Å². The highest BCUT2D eigenvalue weighted by atomic mass is 16.5. The van der Waals surface area contributed by atoms with Crippen molar-refractivity contribution in [2.45, 2.75) is 32.8 Å². The van der Waals surface area contributed by atoms with E-state index in [9.17, 15) is 0 Å². The first-order valence-electron chi connectivity index (χ1n) is 5.95. The Morgan fingerprint density at radius 2 is 1.81 bits per heavy atom. The Kier molecular flexibility index (Phi) is 10.1. The zero-order valence-electron chi connectivity index (χ0n) is 11.0. The third kappa shape index (κ3) is 8.45. The maximum absolute atomic E-state index is 5.17. The number of rotatable bonds is 5. The molecular weight excluding hydrogens is 198 g/mol. The van der Waals surface area contributed by atoms with Crippen LogP contribution in [-0.2, 0) is 11.2 Å². The zero-order valence-corrected chi connectivity index (χ0v) is 11.0. The molecule has 1 aromatic carbocycles. The van der Waals surface area contributed by atoms with E-state index in [1.807, 2.05) is 13.1 Å². The first-order valence-corrected chi connectivity index (χ1v) is 5.95. The second-order valence-electron chi connectivity index (χ2n) is 3.78. The molecule has 1 unspecified atom stereocenters. The van der Waals surface area contributed by atoms with Gasteiger partial charge in [0.2, 0.25) is 0 Å². The van der Waals surface area contributed by atoms with E-state index in [-0.39, 0.29) is 0 Å². The second-order valence-corrected chi connectivity index (χ2v) is 3.78. The average Bonchev–Trinajstić information content (AvgIpc) is 2.37. The van der Waals surface area contributed by atoms with Gasteiger partial charge in [-0.3, -0.25) is 0 Å². The molecule has 1 rings (SSSR count). The van der Waals surface area contributed by atoms with Crippen molar-refractivity contribution in [3.8, 4) is 0 Å². The fourth-order valence-electron chi connectivity index (χ4n) is 1.13. The lowest BCUT2D eigenvalue weighted by Gasteiger charge is -2.08. The molecule has 0 fully saturated rings. The van der Waals surface area contributed by atoms with Crippen molar-refractivity contribution < 1.29 is 4.74 Å². The van der Waals surface area contributed by atoms with Crippen molar-refractivity contribution in [1.29, 1.82) is 0 Å². The van der Waals surface area contributed by atoms with Crippen molar-refractivity contribution in [2.75, 3.05) is 20.7 Å². The van der Waals surface area contributed by atoms with Gasteiger partial charge in [0.25, 0.3) is 0 Å². The summed E-state index contributed by atoms with van der Waals surface area (Å²) in [5.41, 5.74) is 1.39. The Labute approximate surface area is 100 Å². The van der Waals surface area contributed by atoms with E-state index in [0.717, 1.165) is 19.4 Å². The number of benzene rings is 1. The normalized spacial score (nSPS) is 11.5. The van der Waals surface area contributed by atoms with Gasteiger partial charge in [-0.05, 0) is 38.9 Å². The number of ether oxygens (including phenoxy) is 1. The van der Waals surface area contributed by atoms with Crippen LogP contribution in [-0.4, -0.2) is 26.8 Å². The van der Waals surface area contributed by atoms with Gasteiger partial charge in [-0.15, -0.1) is 0 Å². The molecule has 0 aromatic heterocycles. The first kappa shape index (κ1) is 15.1. The van der Waals surface area contributed by atoms with Gasteiger partial charge >= 0.3 is 0 Å². The first-order chi connectivity index (χ1) is 7.74. The number of methoxy groups -OCH3 is 1. The molecule has 0 aliphatic heterocycles. The molecule has 0 spiro atoms.